The molecule has 1 aromatic carbocycles. The van der Waals surface area contributed by atoms with Gasteiger partial charge in [0, 0.05) is 13.2 Å². The van der Waals surface area contributed by atoms with Gasteiger partial charge in [-0.25, -0.2) is 4.79 Å². The molecule has 0 saturated carbocycles. The molecule has 0 aliphatic rings. The van der Waals surface area contributed by atoms with Crippen LogP contribution in [0.15, 0.2) is 24.3 Å². The summed E-state index contributed by atoms with van der Waals surface area (Å²) in [5.41, 5.74) is 0.193. The molecular formula is C15H23NO4. The minimum Gasteiger partial charge on any atom is -0.491 e. The highest BCUT2D eigenvalue weighted by Gasteiger charge is 2.10. The Hall–Kier alpha value is -1.59. The van der Waals surface area contributed by atoms with Gasteiger partial charge in [-0.1, -0.05) is 12.1 Å². The standard InChI is InChI=1S/C15H23NO4/c1-16(9-5-2-6-11-17)10-12-20-14-8-4-3-7-13(14)15(18)19/h3-4,7-8,17H,2,5-6,9-12H2,1H3,(H,18,19). The van der Waals surface area contributed by atoms with Gasteiger partial charge < -0.3 is 19.8 Å². The number of aliphatic hydroxyl groups excluding tert-OH is 1. The molecule has 0 spiro atoms. The molecule has 0 aromatic heterocycles. The Kier molecular flexibility index (Phi) is 7.69. The number of carbonyl (C=O) groups is 1. The smallest absolute Gasteiger partial charge is 0.339 e. The van der Waals surface area contributed by atoms with Gasteiger partial charge in [-0.05, 0) is 45.0 Å². The molecule has 5 nitrogen and oxygen atoms in total. The van der Waals surface area contributed by atoms with E-state index in [9.17, 15) is 4.79 Å². The summed E-state index contributed by atoms with van der Waals surface area (Å²) in [7, 11) is 2.01. The van der Waals surface area contributed by atoms with Crippen LogP contribution in [-0.4, -0.2) is 54.4 Å². The molecule has 0 saturated heterocycles. The number of hydrogen-bond donors (Lipinski definition) is 2. The quantitative estimate of drug-likeness (QED) is 0.641. The van der Waals surface area contributed by atoms with E-state index in [4.69, 9.17) is 14.9 Å². The zero-order valence-corrected chi connectivity index (χ0v) is 11.9. The normalized spacial score (nSPS) is 10.8. The van der Waals surface area contributed by atoms with Crippen LogP contribution in [0, 0.1) is 0 Å². The predicted molar refractivity (Wildman–Crippen MR) is 77.3 cm³/mol. The van der Waals surface area contributed by atoms with Gasteiger partial charge in [-0.2, -0.15) is 0 Å². The van der Waals surface area contributed by atoms with Crippen LogP contribution in [0.2, 0.25) is 0 Å². The molecular weight excluding hydrogens is 258 g/mol. The Bertz CT molecular complexity index is 409. The SMILES string of the molecule is CN(CCCCCO)CCOc1ccccc1C(=O)O. The second-order valence-corrected chi connectivity index (χ2v) is 4.74. The van der Waals surface area contributed by atoms with Gasteiger partial charge in [0.1, 0.15) is 17.9 Å². The number of para-hydroxylation sites is 1. The molecule has 0 heterocycles. The minimum atomic E-state index is -0.974. The lowest BCUT2D eigenvalue weighted by atomic mass is 10.2. The topological polar surface area (TPSA) is 70.0 Å². The zero-order chi connectivity index (χ0) is 14.8. The minimum absolute atomic E-state index is 0.193. The van der Waals surface area contributed by atoms with Crippen molar-refractivity contribution >= 4 is 5.97 Å². The molecule has 0 atom stereocenters. The summed E-state index contributed by atoms with van der Waals surface area (Å²) in [4.78, 5) is 13.2. The van der Waals surface area contributed by atoms with Crippen LogP contribution in [0.25, 0.3) is 0 Å². The second-order valence-electron chi connectivity index (χ2n) is 4.74. The van der Waals surface area contributed by atoms with Crippen LogP contribution in [0.3, 0.4) is 0 Å². The van der Waals surface area contributed by atoms with Crippen LogP contribution < -0.4 is 4.74 Å². The number of aliphatic hydroxyl groups is 1. The van der Waals surface area contributed by atoms with E-state index in [2.05, 4.69) is 4.90 Å². The third-order valence-electron chi connectivity index (χ3n) is 3.05. The fourth-order valence-corrected chi connectivity index (χ4v) is 1.86. The number of hydrogen-bond acceptors (Lipinski definition) is 4. The van der Waals surface area contributed by atoms with Crippen molar-refractivity contribution in [3.05, 3.63) is 29.8 Å². The fraction of sp³-hybridized carbons (Fsp3) is 0.533. The summed E-state index contributed by atoms with van der Waals surface area (Å²) in [6, 6.07) is 6.66. The van der Waals surface area contributed by atoms with Crippen molar-refractivity contribution in [2.75, 3.05) is 33.4 Å². The molecule has 0 unspecified atom stereocenters. The number of nitrogens with zero attached hydrogens (tertiary/aromatic N) is 1. The first-order valence-corrected chi connectivity index (χ1v) is 6.89. The van der Waals surface area contributed by atoms with Crippen molar-refractivity contribution in [3.63, 3.8) is 0 Å². The lowest BCUT2D eigenvalue weighted by molar-refractivity contribution is 0.0691. The van der Waals surface area contributed by atoms with Crippen molar-refractivity contribution in [1.82, 2.24) is 4.90 Å². The van der Waals surface area contributed by atoms with E-state index in [1.54, 1.807) is 18.2 Å². The van der Waals surface area contributed by atoms with Crippen molar-refractivity contribution in [2.45, 2.75) is 19.3 Å². The Balaban J connectivity index is 2.28. The van der Waals surface area contributed by atoms with E-state index < -0.39 is 5.97 Å². The summed E-state index contributed by atoms with van der Waals surface area (Å²) < 4.78 is 5.53. The molecule has 0 bridgehead atoms. The maximum Gasteiger partial charge on any atom is 0.339 e. The number of benzene rings is 1. The fourth-order valence-electron chi connectivity index (χ4n) is 1.86. The number of aromatic carboxylic acids is 1. The van der Waals surface area contributed by atoms with Crippen LogP contribution in [-0.2, 0) is 0 Å². The summed E-state index contributed by atoms with van der Waals surface area (Å²) in [6.07, 6.45) is 2.91. The first kappa shape index (κ1) is 16.5. The molecule has 0 aliphatic carbocycles. The summed E-state index contributed by atoms with van der Waals surface area (Å²) in [6.45, 7) is 2.40. The lowest BCUT2D eigenvalue weighted by Gasteiger charge is -2.17. The first-order valence-electron chi connectivity index (χ1n) is 6.89. The average molecular weight is 281 g/mol. The molecule has 1 rings (SSSR count). The van der Waals surface area contributed by atoms with Crippen LogP contribution in [0.1, 0.15) is 29.6 Å². The molecule has 0 fully saturated rings. The predicted octanol–water partition coefficient (Wildman–Crippen LogP) is 1.86. The Labute approximate surface area is 119 Å². The maximum atomic E-state index is 11.0. The molecule has 5 heteroatoms. The van der Waals surface area contributed by atoms with Gasteiger partial charge in [-0.3, -0.25) is 0 Å². The van der Waals surface area contributed by atoms with E-state index in [-0.39, 0.29) is 12.2 Å². The van der Waals surface area contributed by atoms with E-state index in [0.29, 0.717) is 12.4 Å². The Morgan fingerprint density at radius 2 is 1.95 bits per heavy atom. The molecule has 0 aliphatic heterocycles. The van der Waals surface area contributed by atoms with Crippen LogP contribution in [0.5, 0.6) is 5.75 Å². The highest BCUT2D eigenvalue weighted by atomic mass is 16.5. The third-order valence-corrected chi connectivity index (χ3v) is 3.05. The zero-order valence-electron chi connectivity index (χ0n) is 11.9. The maximum absolute atomic E-state index is 11.0. The Morgan fingerprint density at radius 1 is 1.20 bits per heavy atom. The van der Waals surface area contributed by atoms with Gasteiger partial charge in [0.2, 0.25) is 0 Å². The van der Waals surface area contributed by atoms with Gasteiger partial charge in [0.25, 0.3) is 0 Å². The van der Waals surface area contributed by atoms with Gasteiger partial charge in [0.15, 0.2) is 0 Å². The number of carboxylic acids is 1. The Morgan fingerprint density at radius 3 is 2.65 bits per heavy atom. The van der Waals surface area contributed by atoms with E-state index in [1.807, 2.05) is 7.05 Å². The van der Waals surface area contributed by atoms with Crippen molar-refractivity contribution in [3.8, 4) is 5.75 Å². The van der Waals surface area contributed by atoms with Gasteiger partial charge in [0.05, 0.1) is 0 Å². The summed E-state index contributed by atoms with van der Waals surface area (Å²) in [5, 5.41) is 17.7. The number of rotatable bonds is 10. The number of likely N-dealkylation sites (N-methyl/N-ethyl adjacent to an activating group) is 1. The highest BCUT2D eigenvalue weighted by molar-refractivity contribution is 5.90. The second kappa shape index (κ2) is 9.34. The number of unbranched alkanes of at least 4 members (excludes halogenated alkanes) is 2. The first-order chi connectivity index (χ1) is 9.65. The lowest BCUT2D eigenvalue weighted by Crippen LogP contribution is -2.25. The molecule has 0 radical (unpaired) electrons. The van der Waals surface area contributed by atoms with Gasteiger partial charge in [-0.15, -0.1) is 0 Å². The molecule has 1 aromatic rings. The van der Waals surface area contributed by atoms with E-state index in [1.165, 1.54) is 6.07 Å². The highest BCUT2D eigenvalue weighted by Crippen LogP contribution is 2.17. The average Bonchev–Trinajstić information content (AvgIpc) is 2.44. The third kappa shape index (κ3) is 6.04. The number of ether oxygens (including phenoxy) is 1. The van der Waals surface area contributed by atoms with E-state index >= 15 is 0 Å². The molecule has 112 valence electrons. The summed E-state index contributed by atoms with van der Waals surface area (Å²) >= 11 is 0. The van der Waals surface area contributed by atoms with E-state index in [0.717, 1.165) is 32.4 Å². The molecule has 0 amide bonds. The van der Waals surface area contributed by atoms with Crippen LogP contribution >= 0.6 is 0 Å². The van der Waals surface area contributed by atoms with Crippen LogP contribution in [0.4, 0.5) is 0 Å². The number of carboxylic acid groups (broad SMARTS) is 1. The molecule has 2 N–H and O–H groups in total. The molecule has 20 heavy (non-hydrogen) atoms. The van der Waals surface area contributed by atoms with Gasteiger partial charge >= 0.3 is 5.97 Å². The van der Waals surface area contributed by atoms with Crippen molar-refractivity contribution in [1.29, 1.82) is 0 Å². The van der Waals surface area contributed by atoms with Crippen molar-refractivity contribution < 1.29 is 19.7 Å². The monoisotopic (exact) mass is 281 g/mol. The van der Waals surface area contributed by atoms with Crippen molar-refractivity contribution in [2.24, 2.45) is 0 Å². The summed E-state index contributed by atoms with van der Waals surface area (Å²) in [5.74, 6) is -0.563. The largest absolute Gasteiger partial charge is 0.491 e.